The molecule has 182 valence electrons. The number of benzene rings is 1. The number of rotatable bonds is 4. The van der Waals surface area contributed by atoms with Gasteiger partial charge >= 0.3 is 6.09 Å². The van der Waals surface area contributed by atoms with Crippen molar-refractivity contribution in [3.8, 4) is 5.75 Å². The van der Waals surface area contributed by atoms with Crippen molar-refractivity contribution in [2.75, 3.05) is 7.05 Å². The number of likely N-dealkylation sites (N-methyl/N-ethyl adjacent to an activating group) is 1. The fourth-order valence-corrected chi connectivity index (χ4v) is 4.75. The Morgan fingerprint density at radius 3 is 2.59 bits per heavy atom. The molecule has 2 bridgehead atoms. The molecule has 9 nitrogen and oxygen atoms in total. The average Bonchev–Trinajstić information content (AvgIpc) is 3.12. The molecule has 10 heteroatoms. The Morgan fingerprint density at radius 2 is 1.94 bits per heavy atom. The third-order valence-electron chi connectivity index (χ3n) is 6.33. The largest absolute Gasteiger partial charge is 0.501 e. The second-order valence-corrected chi connectivity index (χ2v) is 9.99. The van der Waals surface area contributed by atoms with Crippen molar-refractivity contribution in [3.63, 3.8) is 0 Å². The van der Waals surface area contributed by atoms with Crippen molar-refractivity contribution >= 4 is 12.0 Å². The van der Waals surface area contributed by atoms with E-state index in [1.807, 2.05) is 0 Å². The third-order valence-corrected chi connectivity index (χ3v) is 6.33. The first-order valence-electron chi connectivity index (χ1n) is 11.3. The Labute approximate surface area is 196 Å². The maximum absolute atomic E-state index is 13.1. The van der Waals surface area contributed by atoms with E-state index in [4.69, 9.17) is 4.74 Å². The highest BCUT2D eigenvalue weighted by atomic mass is 19.1. The first-order valence-corrected chi connectivity index (χ1v) is 11.3. The molecule has 2 aromatic rings. The summed E-state index contributed by atoms with van der Waals surface area (Å²) in [6.45, 7) is 5.82. The molecule has 34 heavy (non-hydrogen) atoms. The summed E-state index contributed by atoms with van der Waals surface area (Å²) in [6, 6.07) is 5.36. The SMILES string of the molecule is CN(C(=O)OC(C)(C)C)C1CC2CC1c1nc(C(=O)NCc3ccc(F)cc3)c(O)c(=O)n1C2. The quantitative estimate of drug-likeness (QED) is 0.707. The predicted molar refractivity (Wildman–Crippen MR) is 121 cm³/mol. The number of carbonyl (C=O) groups excluding carboxylic acids is 2. The zero-order valence-corrected chi connectivity index (χ0v) is 19.7. The number of nitrogens with zero attached hydrogens (tertiary/aromatic N) is 3. The van der Waals surface area contributed by atoms with Crippen LogP contribution in [0.4, 0.5) is 9.18 Å². The molecule has 2 N–H and O–H groups in total. The van der Waals surface area contributed by atoms with Crippen LogP contribution < -0.4 is 10.9 Å². The zero-order valence-electron chi connectivity index (χ0n) is 19.7. The minimum atomic E-state index is -0.710. The Morgan fingerprint density at radius 1 is 1.26 bits per heavy atom. The first kappa shape index (κ1) is 23.7. The summed E-state index contributed by atoms with van der Waals surface area (Å²) < 4.78 is 20.0. The lowest BCUT2D eigenvalue weighted by molar-refractivity contribution is 0.0210. The van der Waals surface area contributed by atoms with Crippen LogP contribution in [0, 0.1) is 11.7 Å². The molecule has 0 spiro atoms. The number of aromatic hydroxyl groups is 1. The molecule has 0 radical (unpaired) electrons. The van der Waals surface area contributed by atoms with Gasteiger partial charge in [0.15, 0.2) is 5.69 Å². The topological polar surface area (TPSA) is 114 Å². The lowest BCUT2D eigenvalue weighted by Crippen LogP contribution is -2.43. The van der Waals surface area contributed by atoms with Gasteiger partial charge in [-0.05, 0) is 57.2 Å². The van der Waals surface area contributed by atoms with Gasteiger partial charge in [0.05, 0.1) is 0 Å². The molecule has 3 atom stereocenters. The molecule has 1 aliphatic heterocycles. The van der Waals surface area contributed by atoms with Gasteiger partial charge < -0.3 is 20.1 Å². The molecular formula is C24H29FN4O5. The van der Waals surface area contributed by atoms with Crippen molar-refractivity contribution in [1.29, 1.82) is 0 Å². The monoisotopic (exact) mass is 472 g/mol. The maximum atomic E-state index is 13.1. The van der Waals surface area contributed by atoms with Gasteiger partial charge in [-0.3, -0.25) is 14.2 Å². The van der Waals surface area contributed by atoms with E-state index in [2.05, 4.69) is 10.3 Å². The summed E-state index contributed by atoms with van der Waals surface area (Å²) in [7, 11) is 1.67. The number of fused-ring (bicyclic) bond motifs is 4. The Balaban J connectivity index is 1.59. The molecule has 1 aromatic carbocycles. The van der Waals surface area contributed by atoms with E-state index in [9.17, 15) is 23.9 Å². The summed E-state index contributed by atoms with van der Waals surface area (Å²) in [5.74, 6) is -1.56. The molecule has 1 fully saturated rings. The zero-order chi connectivity index (χ0) is 24.8. The van der Waals surface area contributed by atoms with E-state index in [0.29, 0.717) is 30.8 Å². The molecule has 1 aliphatic carbocycles. The van der Waals surface area contributed by atoms with E-state index < -0.39 is 34.7 Å². The molecule has 2 heterocycles. The van der Waals surface area contributed by atoms with Crippen molar-refractivity contribution in [3.05, 3.63) is 57.5 Å². The van der Waals surface area contributed by atoms with Crippen LogP contribution in [0.5, 0.6) is 5.75 Å². The standard InChI is InChI=1S/C24H29FN4O5/c1-24(2,3)34-23(33)28(4)17-10-14-9-16(17)20-27-18(19(30)22(32)29(20)12-14)21(31)26-11-13-5-7-15(25)8-6-13/h5-8,14,16-17,30H,9-12H2,1-4H3,(H,26,31). The molecular weight excluding hydrogens is 443 g/mol. The third kappa shape index (κ3) is 4.62. The highest BCUT2D eigenvalue weighted by Gasteiger charge is 2.46. The molecule has 2 aliphatic rings. The normalized spacial score (nSPS) is 21.0. The lowest BCUT2D eigenvalue weighted by atomic mass is 9.97. The number of carbonyl (C=O) groups is 2. The maximum Gasteiger partial charge on any atom is 0.410 e. The van der Waals surface area contributed by atoms with Crippen molar-refractivity contribution in [2.24, 2.45) is 5.92 Å². The number of ether oxygens (including phenoxy) is 1. The number of hydrogen-bond donors (Lipinski definition) is 2. The van der Waals surface area contributed by atoms with Gasteiger partial charge in [-0.25, -0.2) is 14.2 Å². The average molecular weight is 473 g/mol. The van der Waals surface area contributed by atoms with Crippen LogP contribution in [0.15, 0.2) is 29.1 Å². The van der Waals surface area contributed by atoms with Crippen molar-refractivity contribution in [2.45, 2.75) is 64.3 Å². The molecule has 4 rings (SSSR count). The highest BCUT2D eigenvalue weighted by molar-refractivity contribution is 5.94. The van der Waals surface area contributed by atoms with Gasteiger partial charge in [0.2, 0.25) is 5.75 Å². The van der Waals surface area contributed by atoms with Crippen LogP contribution in [-0.2, 0) is 17.8 Å². The van der Waals surface area contributed by atoms with Gasteiger partial charge in [0.25, 0.3) is 11.5 Å². The molecule has 3 unspecified atom stereocenters. The van der Waals surface area contributed by atoms with Crippen LogP contribution in [0.2, 0.25) is 0 Å². The number of nitrogens with one attached hydrogen (secondary N) is 1. The summed E-state index contributed by atoms with van der Waals surface area (Å²) in [4.78, 5) is 44.3. The summed E-state index contributed by atoms with van der Waals surface area (Å²) in [5.41, 5.74) is -1.02. The first-order chi connectivity index (χ1) is 15.9. The van der Waals surface area contributed by atoms with Gasteiger partial charge in [0.1, 0.15) is 17.2 Å². The second-order valence-electron chi connectivity index (χ2n) is 9.99. The van der Waals surface area contributed by atoms with Crippen molar-refractivity contribution in [1.82, 2.24) is 19.8 Å². The molecule has 0 saturated heterocycles. The van der Waals surface area contributed by atoms with Crippen LogP contribution >= 0.6 is 0 Å². The molecule has 1 saturated carbocycles. The van der Waals surface area contributed by atoms with Crippen LogP contribution in [0.1, 0.15) is 61.4 Å². The van der Waals surface area contributed by atoms with Gasteiger partial charge in [0, 0.05) is 32.1 Å². The predicted octanol–water partition coefficient (Wildman–Crippen LogP) is 2.76. The van der Waals surface area contributed by atoms with Gasteiger partial charge in [-0.2, -0.15) is 0 Å². The summed E-state index contributed by atoms with van der Waals surface area (Å²) in [5, 5.41) is 13.1. The second kappa shape index (κ2) is 8.73. The fourth-order valence-electron chi connectivity index (χ4n) is 4.75. The number of hydrogen-bond acceptors (Lipinski definition) is 6. The Kier molecular flexibility index (Phi) is 6.09. The van der Waals surface area contributed by atoms with E-state index in [-0.39, 0.29) is 30.1 Å². The van der Waals surface area contributed by atoms with Gasteiger partial charge in [-0.1, -0.05) is 12.1 Å². The number of amides is 2. The minimum absolute atomic E-state index is 0.0775. The van der Waals surface area contributed by atoms with E-state index >= 15 is 0 Å². The van der Waals surface area contributed by atoms with E-state index in [1.54, 1.807) is 32.7 Å². The van der Waals surface area contributed by atoms with E-state index in [1.165, 1.54) is 28.8 Å². The van der Waals surface area contributed by atoms with E-state index in [0.717, 1.165) is 0 Å². The number of aromatic nitrogens is 2. The number of halogens is 1. The minimum Gasteiger partial charge on any atom is -0.501 e. The van der Waals surface area contributed by atoms with Crippen molar-refractivity contribution < 1.29 is 23.8 Å². The smallest absolute Gasteiger partial charge is 0.410 e. The molecule has 2 amide bonds. The highest BCUT2D eigenvalue weighted by Crippen LogP contribution is 2.45. The fraction of sp³-hybridized carbons (Fsp3) is 0.500. The Hall–Kier alpha value is -3.43. The van der Waals surface area contributed by atoms with Crippen LogP contribution in [-0.4, -0.2) is 50.2 Å². The molecule has 1 aromatic heterocycles. The lowest BCUT2D eigenvalue weighted by Gasteiger charge is -2.32. The Bertz CT molecular complexity index is 1170. The van der Waals surface area contributed by atoms with Gasteiger partial charge in [-0.15, -0.1) is 0 Å². The summed E-state index contributed by atoms with van der Waals surface area (Å²) >= 11 is 0. The van der Waals surface area contributed by atoms with Crippen LogP contribution in [0.3, 0.4) is 0 Å². The summed E-state index contributed by atoms with van der Waals surface area (Å²) in [6.07, 6.45) is 0.914. The van der Waals surface area contributed by atoms with Crippen LogP contribution in [0.25, 0.3) is 0 Å².